The lowest BCUT2D eigenvalue weighted by molar-refractivity contribution is -0.167. The van der Waals surface area contributed by atoms with Crippen LogP contribution < -0.4 is 0 Å². The molecule has 0 aromatic carbocycles. The molecule has 0 heterocycles. The van der Waals surface area contributed by atoms with E-state index in [1.807, 2.05) is 0 Å². The summed E-state index contributed by atoms with van der Waals surface area (Å²) in [6.45, 7) is 9.03. The summed E-state index contributed by atoms with van der Waals surface area (Å²) >= 11 is 0. The van der Waals surface area contributed by atoms with Crippen LogP contribution >= 0.6 is 0 Å². The van der Waals surface area contributed by atoms with E-state index in [1.54, 1.807) is 0 Å². The van der Waals surface area contributed by atoms with Gasteiger partial charge in [0.25, 0.3) is 0 Å². The standard InChI is InChI=1S/C58H112O6/c1-5-8-10-12-14-16-18-20-22-24-25-27-28-30-32-34-36-41-45-49-56(59)62-52-55(53-63-57(60)50-46-42-39-38-40-44-48-54(4)7-3)64-58(61)51-47-43-37-35-33-31-29-26-23-21-19-17-15-13-11-9-6-2/h54-55H,5-53H2,1-4H3/t54?,55-/m1/s1. The van der Waals surface area contributed by atoms with Gasteiger partial charge in [0.1, 0.15) is 13.2 Å². The van der Waals surface area contributed by atoms with Gasteiger partial charge in [-0.1, -0.05) is 291 Å². The van der Waals surface area contributed by atoms with Crippen molar-refractivity contribution in [3.8, 4) is 0 Å². The van der Waals surface area contributed by atoms with Crippen molar-refractivity contribution in [2.45, 2.75) is 336 Å². The van der Waals surface area contributed by atoms with Crippen molar-refractivity contribution in [3.05, 3.63) is 0 Å². The Morgan fingerprint density at radius 2 is 0.547 bits per heavy atom. The zero-order valence-corrected chi connectivity index (χ0v) is 43.8. The predicted octanol–water partition coefficient (Wildman–Crippen LogP) is 19.0. The van der Waals surface area contributed by atoms with Gasteiger partial charge < -0.3 is 14.2 Å². The summed E-state index contributed by atoms with van der Waals surface area (Å²) < 4.78 is 16.9. The molecule has 0 rings (SSSR count). The Balaban J connectivity index is 4.23. The van der Waals surface area contributed by atoms with Crippen LogP contribution in [0.4, 0.5) is 0 Å². The summed E-state index contributed by atoms with van der Waals surface area (Å²) in [4.78, 5) is 38.1. The second kappa shape index (κ2) is 52.4. The van der Waals surface area contributed by atoms with Crippen molar-refractivity contribution in [2.24, 2.45) is 5.92 Å². The molecule has 0 aliphatic rings. The lowest BCUT2D eigenvalue weighted by Crippen LogP contribution is -2.30. The number of esters is 3. The molecule has 64 heavy (non-hydrogen) atoms. The fraction of sp³-hybridized carbons (Fsp3) is 0.948. The molecular weight excluding hydrogens is 793 g/mol. The van der Waals surface area contributed by atoms with Gasteiger partial charge >= 0.3 is 17.9 Å². The van der Waals surface area contributed by atoms with Crippen LogP contribution in [0.5, 0.6) is 0 Å². The number of hydrogen-bond acceptors (Lipinski definition) is 6. The molecule has 0 radical (unpaired) electrons. The van der Waals surface area contributed by atoms with Gasteiger partial charge in [0.2, 0.25) is 0 Å². The van der Waals surface area contributed by atoms with Gasteiger partial charge in [-0.15, -0.1) is 0 Å². The van der Waals surface area contributed by atoms with Crippen molar-refractivity contribution in [2.75, 3.05) is 13.2 Å². The first-order valence-corrected chi connectivity index (χ1v) is 28.9. The van der Waals surface area contributed by atoms with Crippen molar-refractivity contribution < 1.29 is 28.6 Å². The average Bonchev–Trinajstić information content (AvgIpc) is 3.29. The van der Waals surface area contributed by atoms with E-state index in [4.69, 9.17) is 14.2 Å². The molecule has 0 spiro atoms. The van der Waals surface area contributed by atoms with Gasteiger partial charge in [-0.25, -0.2) is 0 Å². The second-order valence-electron chi connectivity index (χ2n) is 20.2. The molecule has 0 bridgehead atoms. The zero-order valence-electron chi connectivity index (χ0n) is 43.8. The summed E-state index contributed by atoms with van der Waals surface area (Å²) in [5, 5.41) is 0. The molecule has 380 valence electrons. The lowest BCUT2D eigenvalue weighted by atomic mass is 10.00. The minimum absolute atomic E-state index is 0.0628. The Morgan fingerprint density at radius 1 is 0.312 bits per heavy atom. The number of unbranched alkanes of at least 4 members (excludes halogenated alkanes) is 39. The van der Waals surface area contributed by atoms with E-state index in [0.29, 0.717) is 19.3 Å². The highest BCUT2D eigenvalue weighted by molar-refractivity contribution is 5.71. The summed E-state index contributed by atoms with van der Waals surface area (Å²) in [6.07, 6.45) is 56.7. The van der Waals surface area contributed by atoms with Crippen molar-refractivity contribution >= 4 is 17.9 Å². The van der Waals surface area contributed by atoms with Gasteiger partial charge in [0.05, 0.1) is 0 Å². The Hall–Kier alpha value is -1.59. The van der Waals surface area contributed by atoms with E-state index in [1.165, 1.54) is 225 Å². The normalized spacial score (nSPS) is 12.4. The molecule has 0 aliphatic heterocycles. The summed E-state index contributed by atoms with van der Waals surface area (Å²) in [7, 11) is 0. The van der Waals surface area contributed by atoms with E-state index >= 15 is 0 Å². The molecule has 0 saturated heterocycles. The Bertz CT molecular complexity index is 966. The molecular formula is C58H112O6. The molecule has 0 aromatic rings. The number of hydrogen-bond donors (Lipinski definition) is 0. The lowest BCUT2D eigenvalue weighted by Gasteiger charge is -2.18. The molecule has 0 amide bonds. The van der Waals surface area contributed by atoms with Crippen LogP contribution in [-0.4, -0.2) is 37.2 Å². The van der Waals surface area contributed by atoms with Crippen LogP contribution in [-0.2, 0) is 28.6 Å². The topological polar surface area (TPSA) is 78.9 Å². The first-order valence-electron chi connectivity index (χ1n) is 28.9. The van der Waals surface area contributed by atoms with E-state index in [9.17, 15) is 14.4 Å². The third kappa shape index (κ3) is 49.8. The third-order valence-corrected chi connectivity index (χ3v) is 13.7. The van der Waals surface area contributed by atoms with Crippen LogP contribution in [0.3, 0.4) is 0 Å². The van der Waals surface area contributed by atoms with E-state index in [0.717, 1.165) is 63.7 Å². The summed E-state index contributed by atoms with van der Waals surface area (Å²) in [5.41, 5.74) is 0. The van der Waals surface area contributed by atoms with Crippen molar-refractivity contribution in [3.63, 3.8) is 0 Å². The van der Waals surface area contributed by atoms with Gasteiger partial charge in [0, 0.05) is 19.3 Å². The smallest absolute Gasteiger partial charge is 0.306 e. The van der Waals surface area contributed by atoms with Gasteiger partial charge in [-0.05, 0) is 25.2 Å². The van der Waals surface area contributed by atoms with Crippen LogP contribution in [0.25, 0.3) is 0 Å². The molecule has 0 fully saturated rings. The molecule has 0 aliphatic carbocycles. The minimum atomic E-state index is -0.762. The minimum Gasteiger partial charge on any atom is -0.462 e. The highest BCUT2D eigenvalue weighted by Crippen LogP contribution is 2.18. The van der Waals surface area contributed by atoms with Crippen LogP contribution in [0.2, 0.25) is 0 Å². The molecule has 2 atom stereocenters. The first-order chi connectivity index (χ1) is 31.4. The molecule has 1 unspecified atom stereocenters. The monoisotopic (exact) mass is 905 g/mol. The van der Waals surface area contributed by atoms with Gasteiger partial charge in [0.15, 0.2) is 6.10 Å². The number of rotatable bonds is 53. The van der Waals surface area contributed by atoms with Crippen LogP contribution in [0.1, 0.15) is 329 Å². The maximum atomic E-state index is 12.8. The maximum Gasteiger partial charge on any atom is 0.306 e. The van der Waals surface area contributed by atoms with Gasteiger partial charge in [-0.2, -0.15) is 0 Å². The quantitative estimate of drug-likeness (QED) is 0.0344. The SMILES string of the molecule is CCCCCCCCCCCCCCCCCCCCCC(=O)OC[C@H](COC(=O)CCCCCCCCC(C)CC)OC(=O)CCCCCCCCCCCCCCCCCCC. The molecule has 0 N–H and O–H groups in total. The number of carbonyl (C=O) groups excluding carboxylic acids is 3. The summed E-state index contributed by atoms with van der Waals surface area (Å²) in [5.74, 6) is -0.0263. The molecule has 6 nitrogen and oxygen atoms in total. The summed E-state index contributed by atoms with van der Waals surface area (Å²) in [6, 6.07) is 0. The molecule has 0 aromatic heterocycles. The second-order valence-corrected chi connectivity index (χ2v) is 20.2. The van der Waals surface area contributed by atoms with E-state index in [-0.39, 0.29) is 31.1 Å². The average molecular weight is 906 g/mol. The zero-order chi connectivity index (χ0) is 46.7. The highest BCUT2D eigenvalue weighted by Gasteiger charge is 2.19. The van der Waals surface area contributed by atoms with Crippen molar-refractivity contribution in [1.82, 2.24) is 0 Å². The molecule has 6 heteroatoms. The Labute approximate surface area is 399 Å². The van der Waals surface area contributed by atoms with E-state index in [2.05, 4.69) is 27.7 Å². The maximum absolute atomic E-state index is 12.8. The fourth-order valence-electron chi connectivity index (χ4n) is 8.89. The Kier molecular flexibility index (Phi) is 51.1. The molecule has 0 saturated carbocycles. The predicted molar refractivity (Wildman–Crippen MR) is 275 cm³/mol. The van der Waals surface area contributed by atoms with E-state index < -0.39 is 6.10 Å². The van der Waals surface area contributed by atoms with Crippen molar-refractivity contribution in [1.29, 1.82) is 0 Å². The highest BCUT2D eigenvalue weighted by atomic mass is 16.6. The fourth-order valence-corrected chi connectivity index (χ4v) is 8.89. The van der Waals surface area contributed by atoms with Crippen LogP contribution in [0.15, 0.2) is 0 Å². The van der Waals surface area contributed by atoms with Gasteiger partial charge in [-0.3, -0.25) is 14.4 Å². The third-order valence-electron chi connectivity index (χ3n) is 13.7. The number of carbonyl (C=O) groups is 3. The largest absolute Gasteiger partial charge is 0.462 e. The Morgan fingerprint density at radius 3 is 0.812 bits per heavy atom. The number of ether oxygens (including phenoxy) is 3. The van der Waals surface area contributed by atoms with Crippen LogP contribution in [0, 0.1) is 5.92 Å². The first kappa shape index (κ1) is 62.4.